The zero-order chi connectivity index (χ0) is 21.6. The van der Waals surface area contributed by atoms with Gasteiger partial charge in [0.2, 0.25) is 0 Å². The number of morpholine rings is 2. The number of benzene rings is 1. The molecule has 2 N–H and O–H groups in total. The Morgan fingerprint density at radius 1 is 1.10 bits per heavy atom. The lowest BCUT2D eigenvalue weighted by molar-refractivity contribution is -0.00517. The minimum Gasteiger partial charge on any atom is -0.381 e. The lowest BCUT2D eigenvalue weighted by atomic mass is 9.97. The van der Waals surface area contributed by atoms with Crippen LogP contribution in [0.2, 0.25) is 0 Å². The van der Waals surface area contributed by atoms with Crippen LogP contribution >= 0.6 is 0 Å². The van der Waals surface area contributed by atoms with Crippen LogP contribution in [0.3, 0.4) is 0 Å². The lowest BCUT2D eigenvalue weighted by Crippen LogP contribution is -2.52. The fraction of sp³-hybridized carbons (Fsp3) is 0.696. The molecule has 2 amide bonds. The van der Waals surface area contributed by atoms with Crippen LogP contribution in [0.1, 0.15) is 20.3 Å². The average Bonchev–Trinajstić information content (AvgIpc) is 3.29. The molecule has 31 heavy (non-hydrogen) atoms. The van der Waals surface area contributed by atoms with Crippen molar-refractivity contribution in [3.8, 4) is 0 Å². The van der Waals surface area contributed by atoms with E-state index in [-0.39, 0.29) is 24.3 Å². The molecule has 3 heterocycles. The van der Waals surface area contributed by atoms with Crippen molar-refractivity contribution in [2.75, 3.05) is 69.4 Å². The molecule has 3 saturated heterocycles. The molecule has 8 heteroatoms. The zero-order valence-corrected chi connectivity index (χ0v) is 18.7. The van der Waals surface area contributed by atoms with Crippen LogP contribution in [-0.4, -0.2) is 88.3 Å². The molecule has 0 aromatic heterocycles. The minimum atomic E-state index is -0.168. The molecular formula is C23H36N4O4. The molecule has 4 rings (SSSR count). The second-order valence-electron chi connectivity index (χ2n) is 8.85. The third-order valence-corrected chi connectivity index (χ3v) is 6.41. The number of anilines is 2. The van der Waals surface area contributed by atoms with Crippen molar-refractivity contribution in [1.82, 2.24) is 10.2 Å². The van der Waals surface area contributed by atoms with E-state index in [9.17, 15) is 4.79 Å². The summed E-state index contributed by atoms with van der Waals surface area (Å²) in [7, 11) is 0. The maximum atomic E-state index is 12.8. The summed E-state index contributed by atoms with van der Waals surface area (Å²) in [6.07, 6.45) is 1.36. The monoisotopic (exact) mass is 432 g/mol. The Balaban J connectivity index is 1.38. The first-order valence-corrected chi connectivity index (χ1v) is 11.5. The van der Waals surface area contributed by atoms with E-state index in [0.29, 0.717) is 12.5 Å². The van der Waals surface area contributed by atoms with Gasteiger partial charge in [-0.05, 0) is 32.4 Å². The van der Waals surface area contributed by atoms with E-state index in [1.54, 1.807) is 0 Å². The summed E-state index contributed by atoms with van der Waals surface area (Å²) in [4.78, 5) is 17.6. The molecule has 0 bridgehead atoms. The summed E-state index contributed by atoms with van der Waals surface area (Å²) in [5.41, 5.74) is 1.86. The Bertz CT molecular complexity index is 711. The van der Waals surface area contributed by atoms with E-state index in [1.807, 2.05) is 18.2 Å². The van der Waals surface area contributed by atoms with Crippen LogP contribution in [0.5, 0.6) is 0 Å². The van der Waals surface area contributed by atoms with Crippen molar-refractivity contribution in [3.05, 3.63) is 24.3 Å². The summed E-state index contributed by atoms with van der Waals surface area (Å²) in [6, 6.07) is 8.10. The second kappa shape index (κ2) is 10.6. The van der Waals surface area contributed by atoms with Crippen LogP contribution in [0.25, 0.3) is 0 Å². The predicted octanol–water partition coefficient (Wildman–Crippen LogP) is 2.16. The fourth-order valence-corrected chi connectivity index (χ4v) is 4.95. The normalized spacial score (nSPS) is 28.3. The molecule has 0 radical (unpaired) electrons. The number of urea groups is 1. The number of amides is 2. The number of carbonyl (C=O) groups excluding carboxylic acids is 1. The first-order valence-electron chi connectivity index (χ1n) is 11.5. The highest BCUT2D eigenvalue weighted by Gasteiger charge is 2.32. The molecule has 0 spiro atoms. The first kappa shape index (κ1) is 22.3. The van der Waals surface area contributed by atoms with Gasteiger partial charge in [0.05, 0.1) is 43.4 Å². The SMILES string of the molecule is C[C@@H]1CN(c2ccccc2NC(=O)NC[C@H]([C@H]2CCOC2)N2CCOCC2)C[C@@H](C)O1. The van der Waals surface area contributed by atoms with Gasteiger partial charge < -0.3 is 29.7 Å². The second-order valence-corrected chi connectivity index (χ2v) is 8.85. The molecule has 1 aromatic carbocycles. The molecule has 1 aromatic rings. The highest BCUT2D eigenvalue weighted by Crippen LogP contribution is 2.28. The molecule has 172 valence electrons. The van der Waals surface area contributed by atoms with Crippen LogP contribution in [-0.2, 0) is 14.2 Å². The molecule has 4 atom stereocenters. The van der Waals surface area contributed by atoms with E-state index < -0.39 is 0 Å². The summed E-state index contributed by atoms with van der Waals surface area (Å²) in [5.74, 6) is 0.446. The Kier molecular flexibility index (Phi) is 7.66. The number of ether oxygens (including phenoxy) is 3. The minimum absolute atomic E-state index is 0.161. The van der Waals surface area contributed by atoms with Crippen molar-refractivity contribution >= 4 is 17.4 Å². The number of para-hydroxylation sites is 2. The van der Waals surface area contributed by atoms with E-state index in [4.69, 9.17) is 14.2 Å². The largest absolute Gasteiger partial charge is 0.381 e. The maximum absolute atomic E-state index is 12.8. The van der Waals surface area contributed by atoms with Crippen LogP contribution in [0, 0.1) is 5.92 Å². The fourth-order valence-electron chi connectivity index (χ4n) is 4.95. The Labute approximate surface area is 185 Å². The van der Waals surface area contributed by atoms with Crippen molar-refractivity contribution in [1.29, 1.82) is 0 Å². The Hall–Kier alpha value is -1.87. The topological polar surface area (TPSA) is 75.3 Å². The van der Waals surface area contributed by atoms with Crippen LogP contribution in [0.15, 0.2) is 24.3 Å². The van der Waals surface area contributed by atoms with E-state index >= 15 is 0 Å². The molecule has 3 fully saturated rings. The van der Waals surface area contributed by atoms with E-state index in [1.165, 1.54) is 0 Å². The third kappa shape index (κ3) is 5.88. The molecular weight excluding hydrogens is 396 g/mol. The summed E-state index contributed by atoms with van der Waals surface area (Å²) >= 11 is 0. The van der Waals surface area contributed by atoms with Gasteiger partial charge in [-0.3, -0.25) is 4.90 Å². The molecule has 0 unspecified atom stereocenters. The zero-order valence-electron chi connectivity index (χ0n) is 18.7. The standard InChI is InChI=1S/C23H36N4O4/c1-17-14-27(15-18(2)31-17)21-6-4-3-5-20(21)25-23(28)24-13-22(19-7-10-30-16-19)26-8-11-29-12-9-26/h3-6,17-19,22H,7-16H2,1-2H3,(H2,24,25,28)/t17-,18-,19+,22-/m1/s1. The van der Waals surface area contributed by atoms with Crippen molar-refractivity contribution in [3.63, 3.8) is 0 Å². The number of hydrogen-bond acceptors (Lipinski definition) is 6. The third-order valence-electron chi connectivity index (χ3n) is 6.41. The number of nitrogens with zero attached hydrogens (tertiary/aromatic N) is 2. The molecule has 3 aliphatic heterocycles. The number of nitrogens with one attached hydrogen (secondary N) is 2. The van der Waals surface area contributed by atoms with Gasteiger partial charge in [-0.2, -0.15) is 0 Å². The number of carbonyl (C=O) groups is 1. The lowest BCUT2D eigenvalue weighted by Gasteiger charge is -2.38. The van der Waals surface area contributed by atoms with Gasteiger partial charge in [0.1, 0.15) is 0 Å². The molecule has 8 nitrogen and oxygen atoms in total. The Morgan fingerprint density at radius 2 is 1.84 bits per heavy atom. The highest BCUT2D eigenvalue weighted by atomic mass is 16.5. The summed E-state index contributed by atoms with van der Waals surface area (Å²) in [5, 5.41) is 6.20. The molecule has 0 saturated carbocycles. The average molecular weight is 433 g/mol. The van der Waals surface area contributed by atoms with Gasteiger partial charge in [-0.25, -0.2) is 4.79 Å². The summed E-state index contributed by atoms with van der Waals surface area (Å²) < 4.78 is 17.0. The van der Waals surface area contributed by atoms with Crippen molar-refractivity contribution in [2.24, 2.45) is 5.92 Å². The maximum Gasteiger partial charge on any atom is 0.319 e. The Morgan fingerprint density at radius 3 is 2.55 bits per heavy atom. The molecule has 0 aliphatic carbocycles. The van der Waals surface area contributed by atoms with E-state index in [0.717, 1.165) is 70.4 Å². The highest BCUT2D eigenvalue weighted by molar-refractivity contribution is 5.93. The smallest absolute Gasteiger partial charge is 0.319 e. The van der Waals surface area contributed by atoms with Crippen molar-refractivity contribution < 1.29 is 19.0 Å². The summed E-state index contributed by atoms with van der Waals surface area (Å²) in [6.45, 7) is 11.3. The quantitative estimate of drug-likeness (QED) is 0.718. The number of hydrogen-bond donors (Lipinski definition) is 2. The van der Waals surface area contributed by atoms with Gasteiger partial charge in [-0.1, -0.05) is 12.1 Å². The molecule has 3 aliphatic rings. The van der Waals surface area contributed by atoms with Crippen molar-refractivity contribution in [2.45, 2.75) is 38.5 Å². The predicted molar refractivity (Wildman–Crippen MR) is 121 cm³/mol. The first-order chi connectivity index (χ1) is 15.1. The van der Waals surface area contributed by atoms with Gasteiger partial charge in [0.15, 0.2) is 0 Å². The van der Waals surface area contributed by atoms with Gasteiger partial charge in [-0.15, -0.1) is 0 Å². The van der Waals surface area contributed by atoms with E-state index in [2.05, 4.69) is 40.3 Å². The van der Waals surface area contributed by atoms with Gasteiger partial charge >= 0.3 is 6.03 Å². The number of rotatable bonds is 6. The van der Waals surface area contributed by atoms with Crippen LogP contribution in [0.4, 0.5) is 16.2 Å². The van der Waals surface area contributed by atoms with Gasteiger partial charge in [0, 0.05) is 51.3 Å². The van der Waals surface area contributed by atoms with Crippen LogP contribution < -0.4 is 15.5 Å². The van der Waals surface area contributed by atoms with Gasteiger partial charge in [0.25, 0.3) is 0 Å².